The van der Waals surface area contributed by atoms with Gasteiger partial charge in [-0.1, -0.05) is 4.48 Å². The van der Waals surface area contributed by atoms with Crippen LogP contribution >= 0.6 is 0 Å². The van der Waals surface area contributed by atoms with Crippen LogP contribution in [0.1, 0.15) is 20.8 Å². The van der Waals surface area contributed by atoms with Gasteiger partial charge in [0.1, 0.15) is 11.3 Å². The molecule has 0 bridgehead atoms. The molecule has 0 atom stereocenters. The van der Waals surface area contributed by atoms with E-state index >= 15 is 0 Å². The fraction of sp³-hybridized carbons (Fsp3) is 0.417. The van der Waals surface area contributed by atoms with Crippen LogP contribution in [-0.4, -0.2) is 18.8 Å². The zero-order valence-electron chi connectivity index (χ0n) is 11.0. The number of hydrogen-bond donors (Lipinski definition) is 0. The fourth-order valence-electron chi connectivity index (χ4n) is 1.23. The molecule has 4 nitrogen and oxygen atoms in total. The van der Waals surface area contributed by atoms with Crippen LogP contribution in [-0.2, 0) is 4.74 Å². The van der Waals surface area contributed by atoms with Crippen LogP contribution in [0.25, 0.3) is 0 Å². The van der Waals surface area contributed by atoms with Crippen molar-refractivity contribution in [2.24, 2.45) is 0 Å². The third-order valence-corrected chi connectivity index (χ3v) is 2.01. The van der Waals surface area contributed by atoms with E-state index < -0.39 is 34.1 Å². The van der Waals surface area contributed by atoms with Gasteiger partial charge >= 0.3 is 6.09 Å². The first-order valence-corrected chi connectivity index (χ1v) is 5.38. The molecule has 0 aliphatic rings. The molecule has 1 aromatic rings. The topological polar surface area (TPSA) is 38.8 Å². The van der Waals surface area contributed by atoms with Crippen molar-refractivity contribution < 1.29 is 27.5 Å². The standard InChI is InChI=1S/C12H14F3NO3/c1-12(2,3)19-11(17)16(15)7-5-6-8(18-4)10(14)9(7)13/h5-6H,1-4H3. The third kappa shape index (κ3) is 3.52. The Morgan fingerprint density at radius 2 is 1.79 bits per heavy atom. The Kier molecular flexibility index (Phi) is 4.28. The van der Waals surface area contributed by atoms with Crippen LogP contribution in [0.5, 0.6) is 5.75 Å². The van der Waals surface area contributed by atoms with Gasteiger partial charge in [0.05, 0.1) is 7.11 Å². The lowest BCUT2D eigenvalue weighted by Gasteiger charge is -2.22. The van der Waals surface area contributed by atoms with Crippen LogP contribution in [0, 0.1) is 11.6 Å². The molecule has 0 heterocycles. The Bertz CT molecular complexity index is 486. The molecule has 0 radical (unpaired) electrons. The van der Waals surface area contributed by atoms with Gasteiger partial charge in [-0.3, -0.25) is 0 Å². The SMILES string of the molecule is COc1ccc(N(F)C(=O)OC(C)(C)C)c(F)c1F. The highest BCUT2D eigenvalue weighted by Gasteiger charge is 2.27. The molecule has 0 saturated heterocycles. The van der Waals surface area contributed by atoms with E-state index in [1.807, 2.05) is 0 Å². The molecule has 0 unspecified atom stereocenters. The second-order valence-electron chi connectivity index (χ2n) is 4.68. The maximum atomic E-state index is 13.6. The average Bonchev–Trinajstić information content (AvgIpc) is 2.29. The Hall–Kier alpha value is -1.92. The number of ether oxygens (including phenoxy) is 2. The summed E-state index contributed by atoms with van der Waals surface area (Å²) in [6, 6.07) is 1.88. The summed E-state index contributed by atoms with van der Waals surface area (Å²) in [7, 11) is 1.14. The molecule has 0 fully saturated rings. The van der Waals surface area contributed by atoms with Crippen LogP contribution in [0.4, 0.5) is 23.7 Å². The Labute approximate surface area is 108 Å². The fourth-order valence-corrected chi connectivity index (χ4v) is 1.23. The van der Waals surface area contributed by atoms with Crippen molar-refractivity contribution in [1.82, 2.24) is 0 Å². The number of hydrogen-bond acceptors (Lipinski definition) is 3. The summed E-state index contributed by atoms with van der Waals surface area (Å²) < 4.78 is 49.8. The monoisotopic (exact) mass is 277 g/mol. The van der Waals surface area contributed by atoms with Gasteiger partial charge in [0.15, 0.2) is 11.6 Å². The smallest absolute Gasteiger partial charge is 0.443 e. The average molecular weight is 277 g/mol. The number of carbonyl (C=O) groups is 1. The quantitative estimate of drug-likeness (QED) is 0.775. The van der Waals surface area contributed by atoms with Gasteiger partial charge in [0.25, 0.3) is 0 Å². The molecule has 106 valence electrons. The summed E-state index contributed by atoms with van der Waals surface area (Å²) in [5.74, 6) is -3.31. The number of anilines is 1. The van der Waals surface area contributed by atoms with E-state index in [0.717, 1.165) is 19.2 Å². The highest BCUT2D eigenvalue weighted by atomic mass is 19.2. The molecule has 7 heteroatoms. The van der Waals surface area contributed by atoms with E-state index in [4.69, 9.17) is 4.74 Å². The highest BCUT2D eigenvalue weighted by Crippen LogP contribution is 2.29. The lowest BCUT2D eigenvalue weighted by Crippen LogP contribution is -2.32. The van der Waals surface area contributed by atoms with Gasteiger partial charge in [-0.2, -0.15) is 4.39 Å². The van der Waals surface area contributed by atoms with Gasteiger partial charge in [0, 0.05) is 0 Å². The van der Waals surface area contributed by atoms with E-state index in [9.17, 15) is 18.1 Å². The first-order chi connectivity index (χ1) is 8.67. The van der Waals surface area contributed by atoms with Gasteiger partial charge in [-0.25, -0.2) is 9.18 Å². The van der Waals surface area contributed by atoms with Crippen molar-refractivity contribution in [3.8, 4) is 5.75 Å². The zero-order chi connectivity index (χ0) is 14.8. The number of nitrogens with zero attached hydrogens (tertiary/aromatic N) is 1. The first-order valence-electron chi connectivity index (χ1n) is 5.38. The molecule has 19 heavy (non-hydrogen) atoms. The number of halogens is 3. The van der Waals surface area contributed by atoms with E-state index in [1.54, 1.807) is 0 Å². The molecular formula is C12H14F3NO3. The second-order valence-corrected chi connectivity index (χ2v) is 4.68. The molecule has 0 aromatic heterocycles. The van der Waals surface area contributed by atoms with E-state index in [1.165, 1.54) is 20.8 Å². The molecule has 1 aromatic carbocycles. The maximum Gasteiger partial charge on any atom is 0.443 e. The van der Waals surface area contributed by atoms with Gasteiger partial charge in [-0.05, 0) is 32.9 Å². The van der Waals surface area contributed by atoms with Gasteiger partial charge < -0.3 is 9.47 Å². The number of benzene rings is 1. The van der Waals surface area contributed by atoms with E-state index in [-0.39, 0.29) is 5.75 Å². The van der Waals surface area contributed by atoms with Crippen molar-refractivity contribution in [2.45, 2.75) is 26.4 Å². The van der Waals surface area contributed by atoms with Crippen LogP contribution in [0.15, 0.2) is 12.1 Å². The van der Waals surface area contributed by atoms with Crippen LogP contribution in [0.3, 0.4) is 0 Å². The lowest BCUT2D eigenvalue weighted by atomic mass is 10.2. The predicted molar refractivity (Wildman–Crippen MR) is 62.7 cm³/mol. The minimum absolute atomic E-state index is 0.390. The summed E-state index contributed by atoms with van der Waals surface area (Å²) in [4.78, 5) is 11.4. The van der Waals surface area contributed by atoms with Crippen LogP contribution in [0.2, 0.25) is 0 Å². The summed E-state index contributed by atoms with van der Waals surface area (Å²) in [5, 5.41) is -0.594. The zero-order valence-corrected chi connectivity index (χ0v) is 11.0. The van der Waals surface area contributed by atoms with Crippen molar-refractivity contribution >= 4 is 11.8 Å². The molecule has 0 N–H and O–H groups in total. The number of carbonyl (C=O) groups excluding carboxylic acids is 1. The second kappa shape index (κ2) is 5.38. The molecule has 1 rings (SSSR count). The molecule has 0 aliphatic carbocycles. The van der Waals surface area contributed by atoms with Crippen molar-refractivity contribution in [3.05, 3.63) is 23.8 Å². The summed E-state index contributed by atoms with van der Waals surface area (Å²) in [6.07, 6.45) is -1.43. The minimum atomic E-state index is -1.53. The highest BCUT2D eigenvalue weighted by molar-refractivity contribution is 5.85. The van der Waals surface area contributed by atoms with Crippen molar-refractivity contribution in [2.75, 3.05) is 12.2 Å². The lowest BCUT2D eigenvalue weighted by molar-refractivity contribution is 0.0498. The van der Waals surface area contributed by atoms with E-state index in [2.05, 4.69) is 4.74 Å². The Morgan fingerprint density at radius 1 is 1.21 bits per heavy atom. The van der Waals surface area contributed by atoms with Gasteiger partial charge in [0.2, 0.25) is 5.82 Å². The van der Waals surface area contributed by atoms with Gasteiger partial charge in [-0.15, -0.1) is 5.12 Å². The normalized spacial score (nSPS) is 11.1. The summed E-state index contributed by atoms with van der Waals surface area (Å²) in [6.45, 7) is 4.55. The van der Waals surface area contributed by atoms with Crippen molar-refractivity contribution in [1.29, 1.82) is 0 Å². The molecule has 0 spiro atoms. The largest absolute Gasteiger partial charge is 0.494 e. The maximum absolute atomic E-state index is 13.6. The number of methoxy groups -OCH3 is 1. The molecule has 0 saturated carbocycles. The van der Waals surface area contributed by atoms with Crippen molar-refractivity contribution in [3.63, 3.8) is 0 Å². The first kappa shape index (κ1) is 15.1. The van der Waals surface area contributed by atoms with Crippen LogP contribution < -0.4 is 9.86 Å². The Morgan fingerprint density at radius 3 is 2.26 bits per heavy atom. The molecule has 0 aliphatic heterocycles. The predicted octanol–water partition coefficient (Wildman–Crippen LogP) is 3.60. The minimum Gasteiger partial charge on any atom is -0.494 e. The third-order valence-electron chi connectivity index (χ3n) is 2.01. The van der Waals surface area contributed by atoms with E-state index in [0.29, 0.717) is 0 Å². The number of rotatable bonds is 2. The summed E-state index contributed by atoms with van der Waals surface area (Å²) >= 11 is 0. The molecule has 1 amide bonds. The number of amides is 1. The molecular weight excluding hydrogens is 263 g/mol. The Balaban J connectivity index is 3.04. The summed E-state index contributed by atoms with van der Waals surface area (Å²) in [5.41, 5.74) is -1.84.